The predicted molar refractivity (Wildman–Crippen MR) is 72.5 cm³/mol. The van der Waals surface area contributed by atoms with Crippen molar-refractivity contribution in [2.45, 2.75) is 12.5 Å². The van der Waals surface area contributed by atoms with Gasteiger partial charge in [-0.25, -0.2) is 4.39 Å². The molecule has 0 saturated heterocycles. The third kappa shape index (κ3) is 3.61. The number of carbonyl (C=O) groups excluding carboxylic acids is 1. The van der Waals surface area contributed by atoms with Gasteiger partial charge >= 0.3 is 0 Å². The highest BCUT2D eigenvalue weighted by Gasteiger charge is 2.15. The fourth-order valence-corrected chi connectivity index (χ4v) is 1.91. The molecule has 2 rings (SSSR count). The highest BCUT2D eigenvalue weighted by atomic mass is 19.1. The van der Waals surface area contributed by atoms with Gasteiger partial charge in [-0.15, -0.1) is 0 Å². The first kappa shape index (κ1) is 14.1. The number of amides is 1. The van der Waals surface area contributed by atoms with Gasteiger partial charge < -0.3 is 10.4 Å². The second-order valence-corrected chi connectivity index (χ2v) is 4.34. The van der Waals surface area contributed by atoms with Crippen molar-refractivity contribution >= 4 is 5.91 Å². The Morgan fingerprint density at radius 1 is 1.30 bits per heavy atom. The Labute approximate surface area is 116 Å². The largest absolute Gasteiger partial charge is 0.396 e. The number of hydrogen-bond acceptors (Lipinski definition) is 3. The lowest BCUT2D eigenvalue weighted by atomic mass is 10.0. The van der Waals surface area contributed by atoms with E-state index in [2.05, 4.69) is 10.3 Å². The topological polar surface area (TPSA) is 62.2 Å². The van der Waals surface area contributed by atoms with Crippen LogP contribution in [0.1, 0.15) is 28.4 Å². The number of nitrogens with one attached hydrogen (secondary N) is 1. The van der Waals surface area contributed by atoms with E-state index in [-0.39, 0.29) is 18.2 Å². The molecule has 1 aromatic carbocycles. The molecule has 0 bridgehead atoms. The molecule has 1 heterocycles. The van der Waals surface area contributed by atoms with Gasteiger partial charge in [0.2, 0.25) is 0 Å². The average molecular weight is 274 g/mol. The van der Waals surface area contributed by atoms with E-state index in [9.17, 15) is 9.18 Å². The van der Waals surface area contributed by atoms with Gasteiger partial charge in [0.1, 0.15) is 5.82 Å². The number of aliphatic hydroxyl groups excluding tert-OH is 1. The van der Waals surface area contributed by atoms with E-state index in [1.807, 2.05) is 30.3 Å². The Morgan fingerprint density at radius 2 is 2.05 bits per heavy atom. The summed E-state index contributed by atoms with van der Waals surface area (Å²) in [5.74, 6) is -0.977. The smallest absolute Gasteiger partial charge is 0.253 e. The molecule has 0 spiro atoms. The number of nitrogens with zero attached hydrogens (tertiary/aromatic N) is 1. The molecule has 2 aromatic rings. The number of aliphatic hydroxyl groups is 1. The molecule has 0 aliphatic heterocycles. The van der Waals surface area contributed by atoms with Crippen LogP contribution in [0.3, 0.4) is 0 Å². The molecule has 1 atom stereocenters. The summed E-state index contributed by atoms with van der Waals surface area (Å²) in [7, 11) is 0. The number of carbonyl (C=O) groups is 1. The number of benzene rings is 1. The molecule has 4 nitrogen and oxygen atoms in total. The van der Waals surface area contributed by atoms with Crippen molar-refractivity contribution in [3.63, 3.8) is 0 Å². The Morgan fingerprint density at radius 3 is 2.70 bits per heavy atom. The molecule has 0 aliphatic rings. The fourth-order valence-electron chi connectivity index (χ4n) is 1.91. The number of aromatic nitrogens is 1. The maximum absolute atomic E-state index is 13.1. The van der Waals surface area contributed by atoms with Crippen LogP contribution >= 0.6 is 0 Å². The van der Waals surface area contributed by atoms with Crippen molar-refractivity contribution in [1.82, 2.24) is 10.3 Å². The molecule has 1 aromatic heterocycles. The molecule has 0 aliphatic carbocycles. The van der Waals surface area contributed by atoms with E-state index in [0.717, 1.165) is 17.8 Å². The van der Waals surface area contributed by atoms with Crippen LogP contribution in [-0.4, -0.2) is 22.6 Å². The van der Waals surface area contributed by atoms with Gasteiger partial charge in [0.15, 0.2) is 0 Å². The van der Waals surface area contributed by atoms with Crippen molar-refractivity contribution in [2.24, 2.45) is 0 Å². The van der Waals surface area contributed by atoms with Gasteiger partial charge in [0, 0.05) is 12.8 Å². The van der Waals surface area contributed by atoms with E-state index >= 15 is 0 Å². The first-order valence-corrected chi connectivity index (χ1v) is 6.28. The summed E-state index contributed by atoms with van der Waals surface area (Å²) in [6.07, 6.45) is 2.73. The summed E-state index contributed by atoms with van der Waals surface area (Å²) >= 11 is 0. The Balaban J connectivity index is 2.14. The third-order valence-electron chi connectivity index (χ3n) is 2.89. The number of halogens is 1. The first-order chi connectivity index (χ1) is 9.70. The van der Waals surface area contributed by atoms with E-state index in [0.29, 0.717) is 6.42 Å². The molecule has 0 saturated carbocycles. The Bertz CT molecular complexity index is 575. The second kappa shape index (κ2) is 6.77. The lowest BCUT2D eigenvalue weighted by molar-refractivity contribution is 0.0929. The average Bonchev–Trinajstić information content (AvgIpc) is 2.47. The van der Waals surface area contributed by atoms with Crippen LogP contribution in [0, 0.1) is 5.82 Å². The van der Waals surface area contributed by atoms with Crippen LogP contribution in [0.2, 0.25) is 0 Å². The molecule has 0 fully saturated rings. The van der Waals surface area contributed by atoms with Crippen LogP contribution < -0.4 is 5.32 Å². The Kier molecular flexibility index (Phi) is 4.79. The van der Waals surface area contributed by atoms with Crippen LogP contribution in [0.4, 0.5) is 4.39 Å². The lowest BCUT2D eigenvalue weighted by Crippen LogP contribution is -2.29. The number of hydrogen-bond donors (Lipinski definition) is 2. The zero-order valence-corrected chi connectivity index (χ0v) is 10.8. The van der Waals surface area contributed by atoms with Crippen LogP contribution in [0.5, 0.6) is 0 Å². The molecule has 0 unspecified atom stereocenters. The van der Waals surface area contributed by atoms with Gasteiger partial charge in [0.25, 0.3) is 5.91 Å². The summed E-state index contributed by atoms with van der Waals surface area (Å²) in [4.78, 5) is 15.7. The molecule has 5 heteroatoms. The molecular weight excluding hydrogens is 259 g/mol. The van der Waals surface area contributed by atoms with E-state index in [4.69, 9.17) is 5.11 Å². The summed E-state index contributed by atoms with van der Waals surface area (Å²) < 4.78 is 13.1. The van der Waals surface area contributed by atoms with Crippen molar-refractivity contribution in [3.8, 4) is 0 Å². The van der Waals surface area contributed by atoms with Gasteiger partial charge in [0.05, 0.1) is 17.8 Å². The zero-order valence-electron chi connectivity index (χ0n) is 10.8. The summed E-state index contributed by atoms with van der Waals surface area (Å²) in [6.45, 7) is -0.0543. The standard InChI is InChI=1S/C15H15FN2O2/c16-13-8-12(9-17-10-13)15(20)18-14(6-7-19)11-4-2-1-3-5-11/h1-5,8-10,14,19H,6-7H2,(H,18,20)/t14-/m1/s1. The van der Waals surface area contributed by atoms with Crippen LogP contribution in [-0.2, 0) is 0 Å². The van der Waals surface area contributed by atoms with Crippen molar-refractivity contribution in [2.75, 3.05) is 6.61 Å². The number of rotatable bonds is 5. The minimum absolute atomic E-state index is 0.0543. The van der Waals surface area contributed by atoms with Crippen LogP contribution in [0.25, 0.3) is 0 Å². The summed E-state index contributed by atoms with van der Waals surface area (Å²) in [6, 6.07) is 10.1. The maximum Gasteiger partial charge on any atom is 0.253 e. The predicted octanol–water partition coefficient (Wildman–Crippen LogP) is 2.07. The third-order valence-corrected chi connectivity index (χ3v) is 2.89. The minimum Gasteiger partial charge on any atom is -0.396 e. The fraction of sp³-hybridized carbons (Fsp3) is 0.200. The monoisotopic (exact) mass is 274 g/mol. The molecule has 104 valence electrons. The molecular formula is C15H15FN2O2. The van der Waals surface area contributed by atoms with Crippen molar-refractivity contribution in [3.05, 3.63) is 65.7 Å². The van der Waals surface area contributed by atoms with Crippen molar-refractivity contribution < 1.29 is 14.3 Å². The zero-order chi connectivity index (χ0) is 14.4. The maximum atomic E-state index is 13.1. The first-order valence-electron chi connectivity index (χ1n) is 6.28. The van der Waals surface area contributed by atoms with Gasteiger partial charge in [-0.2, -0.15) is 0 Å². The lowest BCUT2D eigenvalue weighted by Gasteiger charge is -2.18. The highest BCUT2D eigenvalue weighted by molar-refractivity contribution is 5.94. The molecule has 20 heavy (non-hydrogen) atoms. The highest BCUT2D eigenvalue weighted by Crippen LogP contribution is 2.16. The molecule has 0 radical (unpaired) electrons. The van der Waals surface area contributed by atoms with Gasteiger partial charge in [-0.05, 0) is 18.1 Å². The van der Waals surface area contributed by atoms with Gasteiger partial charge in [-0.1, -0.05) is 30.3 Å². The van der Waals surface area contributed by atoms with Gasteiger partial charge in [-0.3, -0.25) is 9.78 Å². The van der Waals surface area contributed by atoms with E-state index in [1.165, 1.54) is 6.20 Å². The van der Waals surface area contributed by atoms with E-state index in [1.54, 1.807) is 0 Å². The summed E-state index contributed by atoms with van der Waals surface area (Å²) in [5, 5.41) is 11.9. The Hall–Kier alpha value is -2.27. The SMILES string of the molecule is O=C(N[C@H](CCO)c1ccccc1)c1cncc(F)c1. The summed E-state index contributed by atoms with van der Waals surface area (Å²) in [5.41, 5.74) is 1.04. The normalized spacial score (nSPS) is 11.9. The van der Waals surface area contributed by atoms with Crippen LogP contribution in [0.15, 0.2) is 48.8 Å². The minimum atomic E-state index is -0.559. The van der Waals surface area contributed by atoms with Crippen molar-refractivity contribution in [1.29, 1.82) is 0 Å². The molecule has 2 N–H and O–H groups in total. The molecule has 1 amide bonds. The quantitative estimate of drug-likeness (QED) is 0.877. The number of pyridine rings is 1. The second-order valence-electron chi connectivity index (χ2n) is 4.34. The van der Waals surface area contributed by atoms with E-state index < -0.39 is 11.7 Å².